The summed E-state index contributed by atoms with van der Waals surface area (Å²) in [5.41, 5.74) is 7.73. The first kappa shape index (κ1) is 15.8. The Balaban J connectivity index is 1.80. The van der Waals surface area contributed by atoms with Crippen molar-refractivity contribution in [1.82, 2.24) is 4.90 Å². The summed E-state index contributed by atoms with van der Waals surface area (Å²) in [6.07, 6.45) is 8.95. The van der Waals surface area contributed by atoms with Crippen molar-refractivity contribution in [2.45, 2.75) is 56.5 Å². The van der Waals surface area contributed by atoms with E-state index in [1.165, 1.54) is 37.7 Å². The SMILES string of the molecule is CN1CCC(Oc2ccccc2C2(CN)CCCCC2)CC1. The third kappa shape index (κ3) is 3.31. The maximum atomic E-state index is 6.43. The molecule has 0 unspecified atom stereocenters. The van der Waals surface area contributed by atoms with Crippen molar-refractivity contribution in [1.29, 1.82) is 0 Å². The predicted octanol–water partition coefficient (Wildman–Crippen LogP) is 3.32. The zero-order valence-electron chi connectivity index (χ0n) is 13.9. The quantitative estimate of drug-likeness (QED) is 0.927. The van der Waals surface area contributed by atoms with Crippen LogP contribution in [0, 0.1) is 0 Å². The van der Waals surface area contributed by atoms with Crippen LogP contribution in [0.25, 0.3) is 0 Å². The monoisotopic (exact) mass is 302 g/mol. The molecule has 2 aliphatic rings. The molecule has 0 amide bonds. The van der Waals surface area contributed by atoms with Gasteiger partial charge in [-0.1, -0.05) is 37.5 Å². The molecule has 3 nitrogen and oxygen atoms in total. The summed E-state index contributed by atoms with van der Waals surface area (Å²) in [6.45, 7) is 3.00. The lowest BCUT2D eigenvalue weighted by molar-refractivity contribution is 0.111. The number of para-hydroxylation sites is 1. The van der Waals surface area contributed by atoms with E-state index < -0.39 is 0 Å². The number of benzene rings is 1. The second kappa shape index (κ2) is 7.01. The molecule has 0 atom stereocenters. The molecule has 3 rings (SSSR count). The van der Waals surface area contributed by atoms with Crippen LogP contribution >= 0.6 is 0 Å². The smallest absolute Gasteiger partial charge is 0.123 e. The molecule has 1 aromatic rings. The van der Waals surface area contributed by atoms with Gasteiger partial charge in [-0.25, -0.2) is 0 Å². The minimum Gasteiger partial charge on any atom is -0.490 e. The Kier molecular flexibility index (Phi) is 5.04. The summed E-state index contributed by atoms with van der Waals surface area (Å²) in [6, 6.07) is 8.64. The predicted molar refractivity (Wildman–Crippen MR) is 91.4 cm³/mol. The van der Waals surface area contributed by atoms with Gasteiger partial charge in [0.25, 0.3) is 0 Å². The average molecular weight is 302 g/mol. The molecule has 0 bridgehead atoms. The first-order valence-corrected chi connectivity index (χ1v) is 8.88. The average Bonchev–Trinajstić information content (AvgIpc) is 2.58. The number of rotatable bonds is 4. The van der Waals surface area contributed by atoms with Gasteiger partial charge in [-0.2, -0.15) is 0 Å². The molecule has 1 saturated heterocycles. The summed E-state index contributed by atoms with van der Waals surface area (Å²) in [5, 5.41) is 0. The highest BCUT2D eigenvalue weighted by atomic mass is 16.5. The first-order chi connectivity index (χ1) is 10.7. The molecule has 22 heavy (non-hydrogen) atoms. The van der Waals surface area contributed by atoms with Crippen molar-refractivity contribution in [3.63, 3.8) is 0 Å². The first-order valence-electron chi connectivity index (χ1n) is 8.88. The van der Waals surface area contributed by atoms with E-state index in [4.69, 9.17) is 10.5 Å². The second-order valence-corrected chi connectivity index (χ2v) is 7.16. The van der Waals surface area contributed by atoms with Crippen LogP contribution in [0.1, 0.15) is 50.5 Å². The van der Waals surface area contributed by atoms with Crippen molar-refractivity contribution in [2.75, 3.05) is 26.7 Å². The van der Waals surface area contributed by atoms with Gasteiger partial charge in [0.05, 0.1) is 0 Å². The molecule has 0 radical (unpaired) electrons. The van der Waals surface area contributed by atoms with E-state index in [1.807, 2.05) is 0 Å². The van der Waals surface area contributed by atoms with Gasteiger partial charge in [-0.15, -0.1) is 0 Å². The highest BCUT2D eigenvalue weighted by Gasteiger charge is 2.35. The van der Waals surface area contributed by atoms with Gasteiger partial charge >= 0.3 is 0 Å². The molecule has 1 aliphatic carbocycles. The van der Waals surface area contributed by atoms with Crippen LogP contribution in [0.15, 0.2) is 24.3 Å². The highest BCUT2D eigenvalue weighted by Crippen LogP contribution is 2.43. The highest BCUT2D eigenvalue weighted by molar-refractivity contribution is 5.40. The number of nitrogens with two attached hydrogens (primary N) is 1. The maximum absolute atomic E-state index is 6.43. The molecule has 1 aliphatic heterocycles. The van der Waals surface area contributed by atoms with E-state index in [-0.39, 0.29) is 5.41 Å². The molecule has 0 spiro atoms. The van der Waals surface area contributed by atoms with Crippen molar-refractivity contribution >= 4 is 0 Å². The van der Waals surface area contributed by atoms with Gasteiger partial charge in [0, 0.05) is 30.6 Å². The Morgan fingerprint density at radius 2 is 1.82 bits per heavy atom. The van der Waals surface area contributed by atoms with Crippen LogP contribution in [0.3, 0.4) is 0 Å². The van der Waals surface area contributed by atoms with Crippen LogP contribution in [0.2, 0.25) is 0 Å². The lowest BCUT2D eigenvalue weighted by Crippen LogP contribution is -2.39. The van der Waals surface area contributed by atoms with E-state index in [0.717, 1.165) is 38.2 Å². The van der Waals surface area contributed by atoms with E-state index in [9.17, 15) is 0 Å². The van der Waals surface area contributed by atoms with Crippen LogP contribution in [0.4, 0.5) is 0 Å². The zero-order chi connectivity index (χ0) is 15.4. The topological polar surface area (TPSA) is 38.5 Å². The summed E-state index contributed by atoms with van der Waals surface area (Å²) in [7, 11) is 2.19. The third-order valence-electron chi connectivity index (χ3n) is 5.62. The molecule has 0 aromatic heterocycles. The number of hydrogen-bond acceptors (Lipinski definition) is 3. The Labute approximate surface area is 134 Å². The van der Waals surface area contributed by atoms with Crippen LogP contribution in [-0.2, 0) is 5.41 Å². The maximum Gasteiger partial charge on any atom is 0.123 e. The largest absolute Gasteiger partial charge is 0.490 e. The number of ether oxygens (including phenoxy) is 1. The number of likely N-dealkylation sites (tertiary alicyclic amines) is 1. The minimum atomic E-state index is 0.139. The molecule has 1 heterocycles. The number of hydrogen-bond donors (Lipinski definition) is 1. The molecule has 2 fully saturated rings. The lowest BCUT2D eigenvalue weighted by Gasteiger charge is -2.38. The van der Waals surface area contributed by atoms with Crippen molar-refractivity contribution in [2.24, 2.45) is 5.73 Å². The Hall–Kier alpha value is -1.06. The van der Waals surface area contributed by atoms with Gasteiger partial charge in [0.1, 0.15) is 11.9 Å². The summed E-state index contributed by atoms with van der Waals surface area (Å²) in [4.78, 5) is 2.38. The molecule has 122 valence electrons. The normalized spacial score (nSPS) is 23.4. The summed E-state index contributed by atoms with van der Waals surface area (Å²) < 4.78 is 6.43. The summed E-state index contributed by atoms with van der Waals surface area (Å²) >= 11 is 0. The fourth-order valence-electron chi connectivity index (χ4n) is 4.10. The zero-order valence-corrected chi connectivity index (χ0v) is 13.9. The minimum absolute atomic E-state index is 0.139. The summed E-state index contributed by atoms with van der Waals surface area (Å²) in [5.74, 6) is 1.09. The van der Waals surface area contributed by atoms with Crippen LogP contribution < -0.4 is 10.5 Å². The lowest BCUT2D eigenvalue weighted by atomic mass is 9.69. The van der Waals surface area contributed by atoms with E-state index in [2.05, 4.69) is 36.2 Å². The fourth-order valence-corrected chi connectivity index (χ4v) is 4.10. The van der Waals surface area contributed by atoms with Crippen molar-refractivity contribution < 1.29 is 4.74 Å². The van der Waals surface area contributed by atoms with E-state index in [0.29, 0.717) is 6.10 Å². The van der Waals surface area contributed by atoms with Gasteiger partial charge in [-0.05, 0) is 38.8 Å². The van der Waals surface area contributed by atoms with Gasteiger partial charge in [0.15, 0.2) is 0 Å². The molecule has 1 aromatic carbocycles. The van der Waals surface area contributed by atoms with E-state index in [1.54, 1.807) is 0 Å². The van der Waals surface area contributed by atoms with Gasteiger partial charge < -0.3 is 15.4 Å². The van der Waals surface area contributed by atoms with E-state index >= 15 is 0 Å². The van der Waals surface area contributed by atoms with Gasteiger partial charge in [-0.3, -0.25) is 0 Å². The Morgan fingerprint density at radius 1 is 1.14 bits per heavy atom. The molecule has 2 N–H and O–H groups in total. The molecule has 1 saturated carbocycles. The molecular formula is C19H30N2O. The van der Waals surface area contributed by atoms with Crippen molar-refractivity contribution in [3.8, 4) is 5.75 Å². The number of nitrogens with zero attached hydrogens (tertiary/aromatic N) is 1. The van der Waals surface area contributed by atoms with Crippen LogP contribution in [0.5, 0.6) is 5.75 Å². The molecule has 3 heteroatoms. The Morgan fingerprint density at radius 3 is 2.50 bits per heavy atom. The number of piperidine rings is 1. The fraction of sp³-hybridized carbons (Fsp3) is 0.684. The second-order valence-electron chi connectivity index (χ2n) is 7.16. The van der Waals surface area contributed by atoms with Crippen molar-refractivity contribution in [3.05, 3.63) is 29.8 Å². The van der Waals surface area contributed by atoms with Gasteiger partial charge in [0.2, 0.25) is 0 Å². The Bertz CT molecular complexity index is 474. The standard InChI is InChI=1S/C19H30N2O/c1-21-13-9-16(10-14-21)22-18-8-4-3-7-17(18)19(15-20)11-5-2-6-12-19/h3-4,7-8,16H,2,5-6,9-15,20H2,1H3. The molecular weight excluding hydrogens is 272 g/mol. The third-order valence-corrected chi connectivity index (χ3v) is 5.62. The van der Waals surface area contributed by atoms with Crippen LogP contribution in [-0.4, -0.2) is 37.7 Å².